The maximum atomic E-state index is 10.9. The first-order valence-electron chi connectivity index (χ1n) is 5.72. The second kappa shape index (κ2) is 5.00. The Hall–Kier alpha value is -1.16. The van der Waals surface area contributed by atoms with Crippen LogP contribution in [0.25, 0.3) is 0 Å². The fraction of sp³-hybridized carbons (Fsp3) is 0.462. The normalized spacial score (nSPS) is 13.2. The molecular formula is C13H16O3S. The standard InChI is InChI=1S/C13H16O3S/c1-8(2)10-6-12-11(15-7-16-12)5-9(10)3-4-13(14)17/h5-6,8H,3-4,7H2,1-2H3,(H,14,17). The summed E-state index contributed by atoms with van der Waals surface area (Å²) in [5.74, 6) is 1.97. The molecule has 4 heteroatoms. The Morgan fingerprint density at radius 1 is 1.35 bits per heavy atom. The molecule has 2 rings (SSSR count). The van der Waals surface area contributed by atoms with Gasteiger partial charge in [-0.1, -0.05) is 13.8 Å². The second-order valence-corrected chi connectivity index (χ2v) is 4.95. The van der Waals surface area contributed by atoms with Crippen LogP contribution in [-0.2, 0) is 11.2 Å². The SMILES string of the molecule is CC(C)c1cc2c(cc1CCC(=O)S)OCO2. The van der Waals surface area contributed by atoms with E-state index in [2.05, 4.69) is 26.5 Å². The van der Waals surface area contributed by atoms with Crippen LogP contribution in [0.2, 0.25) is 0 Å². The van der Waals surface area contributed by atoms with Gasteiger partial charge in [-0.3, -0.25) is 4.79 Å². The third-order valence-electron chi connectivity index (χ3n) is 2.86. The van der Waals surface area contributed by atoms with Crippen LogP contribution >= 0.6 is 12.6 Å². The third kappa shape index (κ3) is 2.75. The van der Waals surface area contributed by atoms with E-state index in [-0.39, 0.29) is 11.9 Å². The largest absolute Gasteiger partial charge is 0.454 e. The lowest BCUT2D eigenvalue weighted by Crippen LogP contribution is -1.99. The lowest BCUT2D eigenvalue weighted by atomic mass is 9.94. The Balaban J connectivity index is 2.31. The summed E-state index contributed by atoms with van der Waals surface area (Å²) in [7, 11) is 0. The molecule has 1 heterocycles. The predicted molar refractivity (Wildman–Crippen MR) is 69.0 cm³/mol. The van der Waals surface area contributed by atoms with E-state index in [0.717, 1.165) is 17.1 Å². The number of hydrogen-bond acceptors (Lipinski definition) is 3. The number of thiol groups is 1. The van der Waals surface area contributed by atoms with E-state index in [1.54, 1.807) is 0 Å². The highest BCUT2D eigenvalue weighted by molar-refractivity contribution is 7.96. The van der Waals surface area contributed by atoms with E-state index in [9.17, 15) is 4.79 Å². The third-order valence-corrected chi connectivity index (χ3v) is 3.09. The Morgan fingerprint density at radius 3 is 2.59 bits per heavy atom. The van der Waals surface area contributed by atoms with E-state index in [4.69, 9.17) is 9.47 Å². The fourth-order valence-electron chi connectivity index (χ4n) is 2.00. The molecule has 0 unspecified atom stereocenters. The molecule has 0 saturated carbocycles. The highest BCUT2D eigenvalue weighted by Gasteiger charge is 2.18. The van der Waals surface area contributed by atoms with Crippen molar-refractivity contribution in [3.05, 3.63) is 23.3 Å². The highest BCUT2D eigenvalue weighted by atomic mass is 32.1. The monoisotopic (exact) mass is 252 g/mol. The van der Waals surface area contributed by atoms with Gasteiger partial charge in [-0.2, -0.15) is 0 Å². The summed E-state index contributed by atoms with van der Waals surface area (Å²) in [5.41, 5.74) is 2.36. The predicted octanol–water partition coefficient (Wildman–Crippen LogP) is 2.93. The van der Waals surface area contributed by atoms with Crippen LogP contribution in [0, 0.1) is 0 Å². The van der Waals surface area contributed by atoms with Gasteiger partial charge in [0.15, 0.2) is 16.6 Å². The van der Waals surface area contributed by atoms with E-state index in [1.807, 2.05) is 12.1 Å². The molecule has 17 heavy (non-hydrogen) atoms. The van der Waals surface area contributed by atoms with E-state index in [1.165, 1.54) is 5.56 Å². The molecule has 0 bridgehead atoms. The van der Waals surface area contributed by atoms with E-state index < -0.39 is 0 Å². The molecule has 1 aliphatic heterocycles. The number of benzene rings is 1. The zero-order valence-electron chi connectivity index (χ0n) is 10.0. The van der Waals surface area contributed by atoms with Gasteiger partial charge < -0.3 is 9.47 Å². The van der Waals surface area contributed by atoms with Crippen molar-refractivity contribution in [3.8, 4) is 11.5 Å². The number of ether oxygens (including phenoxy) is 2. The van der Waals surface area contributed by atoms with Gasteiger partial charge >= 0.3 is 0 Å². The smallest absolute Gasteiger partial charge is 0.231 e. The molecule has 0 amide bonds. The molecule has 3 nitrogen and oxygen atoms in total. The minimum absolute atomic E-state index is 0.0858. The van der Waals surface area contributed by atoms with Gasteiger partial charge in [-0.05, 0) is 35.6 Å². The topological polar surface area (TPSA) is 35.5 Å². The second-order valence-electron chi connectivity index (χ2n) is 4.45. The molecule has 0 spiro atoms. The number of hydrogen-bond donors (Lipinski definition) is 1. The van der Waals surface area contributed by atoms with E-state index >= 15 is 0 Å². The lowest BCUT2D eigenvalue weighted by Gasteiger charge is -2.13. The Labute approximate surface area is 107 Å². The van der Waals surface area contributed by atoms with Crippen molar-refractivity contribution >= 4 is 17.7 Å². The van der Waals surface area contributed by atoms with Crippen molar-refractivity contribution in [2.45, 2.75) is 32.6 Å². The first-order chi connectivity index (χ1) is 8.08. The van der Waals surface area contributed by atoms with Crippen LogP contribution in [0.1, 0.15) is 37.3 Å². The van der Waals surface area contributed by atoms with Gasteiger partial charge in [0.25, 0.3) is 0 Å². The molecular weight excluding hydrogens is 236 g/mol. The quantitative estimate of drug-likeness (QED) is 0.837. The number of carbonyl (C=O) groups excluding carboxylic acids is 1. The maximum absolute atomic E-state index is 10.9. The van der Waals surface area contributed by atoms with Crippen molar-refractivity contribution in [1.29, 1.82) is 0 Å². The first kappa shape index (κ1) is 12.3. The molecule has 0 N–H and O–H groups in total. The summed E-state index contributed by atoms with van der Waals surface area (Å²) in [4.78, 5) is 10.9. The summed E-state index contributed by atoms with van der Waals surface area (Å²) in [6, 6.07) is 4.00. The Morgan fingerprint density at radius 2 is 2.00 bits per heavy atom. The molecule has 0 aromatic heterocycles. The summed E-state index contributed by atoms with van der Waals surface area (Å²) < 4.78 is 10.7. The molecule has 0 fully saturated rings. The zero-order chi connectivity index (χ0) is 12.4. The van der Waals surface area contributed by atoms with Gasteiger partial charge in [0.05, 0.1) is 0 Å². The molecule has 1 aromatic rings. The summed E-state index contributed by atoms with van der Waals surface area (Å²) >= 11 is 3.80. The maximum Gasteiger partial charge on any atom is 0.231 e. The van der Waals surface area contributed by atoms with Crippen molar-refractivity contribution in [3.63, 3.8) is 0 Å². The number of carbonyl (C=O) groups is 1. The molecule has 0 aliphatic carbocycles. The van der Waals surface area contributed by atoms with Gasteiger partial charge in [0.1, 0.15) is 0 Å². The van der Waals surface area contributed by atoms with Crippen LogP contribution in [0.5, 0.6) is 11.5 Å². The van der Waals surface area contributed by atoms with Gasteiger partial charge in [0.2, 0.25) is 6.79 Å². The summed E-state index contributed by atoms with van der Waals surface area (Å²) in [6.45, 7) is 4.54. The molecule has 0 saturated heterocycles. The molecule has 1 aromatic carbocycles. The van der Waals surface area contributed by atoms with Crippen LogP contribution in [-0.4, -0.2) is 11.9 Å². The molecule has 0 atom stereocenters. The van der Waals surface area contributed by atoms with Gasteiger partial charge in [-0.15, -0.1) is 12.6 Å². The average molecular weight is 252 g/mol. The van der Waals surface area contributed by atoms with Crippen LogP contribution in [0.15, 0.2) is 12.1 Å². The molecule has 92 valence electrons. The Bertz CT molecular complexity index is 441. The van der Waals surface area contributed by atoms with Crippen LogP contribution in [0.4, 0.5) is 0 Å². The van der Waals surface area contributed by atoms with Gasteiger partial charge in [0, 0.05) is 6.42 Å². The fourth-order valence-corrected chi connectivity index (χ4v) is 2.11. The lowest BCUT2D eigenvalue weighted by molar-refractivity contribution is -0.110. The molecule has 1 aliphatic rings. The first-order valence-corrected chi connectivity index (χ1v) is 6.17. The average Bonchev–Trinajstić information content (AvgIpc) is 2.71. The minimum Gasteiger partial charge on any atom is -0.454 e. The number of fused-ring (bicyclic) bond motifs is 1. The van der Waals surface area contributed by atoms with Crippen LogP contribution in [0.3, 0.4) is 0 Å². The van der Waals surface area contributed by atoms with Crippen molar-refractivity contribution in [2.24, 2.45) is 0 Å². The van der Waals surface area contributed by atoms with E-state index in [0.29, 0.717) is 18.8 Å². The number of rotatable bonds is 4. The van der Waals surface area contributed by atoms with Crippen molar-refractivity contribution in [1.82, 2.24) is 0 Å². The zero-order valence-corrected chi connectivity index (χ0v) is 10.9. The highest BCUT2D eigenvalue weighted by Crippen LogP contribution is 2.37. The van der Waals surface area contributed by atoms with Crippen LogP contribution < -0.4 is 9.47 Å². The number of aryl methyl sites for hydroxylation is 1. The van der Waals surface area contributed by atoms with Gasteiger partial charge in [-0.25, -0.2) is 0 Å². The van der Waals surface area contributed by atoms with Crippen molar-refractivity contribution in [2.75, 3.05) is 6.79 Å². The molecule has 0 radical (unpaired) electrons. The van der Waals surface area contributed by atoms with Crippen molar-refractivity contribution < 1.29 is 14.3 Å². The summed E-state index contributed by atoms with van der Waals surface area (Å²) in [6.07, 6.45) is 1.15. The minimum atomic E-state index is -0.0858. The Kier molecular flexibility index (Phi) is 3.62. The summed E-state index contributed by atoms with van der Waals surface area (Å²) in [5, 5.41) is -0.0858.